The van der Waals surface area contributed by atoms with Gasteiger partial charge in [-0.2, -0.15) is 0 Å². The molecule has 0 saturated carbocycles. The second-order valence-electron chi connectivity index (χ2n) is 4.33. The lowest BCUT2D eigenvalue weighted by atomic mass is 9.74. The largest absolute Gasteiger partial charge is 0.316 e. The highest BCUT2D eigenvalue weighted by Crippen LogP contribution is 2.40. The van der Waals surface area contributed by atoms with Gasteiger partial charge in [0.1, 0.15) is 0 Å². The summed E-state index contributed by atoms with van der Waals surface area (Å²) in [5, 5.41) is 3.24. The maximum absolute atomic E-state index is 3.24. The number of nitrogens with one attached hydrogen (secondary N) is 1. The molecule has 0 aromatic rings. The summed E-state index contributed by atoms with van der Waals surface area (Å²) in [6.07, 6.45) is 17.7. The van der Waals surface area contributed by atoms with E-state index in [9.17, 15) is 0 Å². The maximum atomic E-state index is 3.24. The Balaban J connectivity index is 2.12. The smallest absolute Gasteiger partial charge is 0.0343 e. The van der Waals surface area contributed by atoms with Crippen LogP contribution in [0.3, 0.4) is 0 Å². The van der Waals surface area contributed by atoms with E-state index in [2.05, 4.69) is 53.9 Å². The van der Waals surface area contributed by atoms with E-state index >= 15 is 0 Å². The lowest BCUT2D eigenvalue weighted by molar-refractivity contribution is 0.820. The standard InChI is InChI=1S/C15H15N/c1-16-10-13-9-8-12-5-2-4-11-6-3-7-14(13)15(11)12/h2-9,15-16H,10H2,1H3. The highest BCUT2D eigenvalue weighted by Gasteiger charge is 2.26. The first kappa shape index (κ1) is 9.61. The molecular formula is C15H15N. The summed E-state index contributed by atoms with van der Waals surface area (Å²) in [6.45, 7) is 0.941. The van der Waals surface area contributed by atoms with Crippen LogP contribution in [-0.4, -0.2) is 13.6 Å². The first-order valence-corrected chi connectivity index (χ1v) is 5.72. The van der Waals surface area contributed by atoms with Gasteiger partial charge in [-0.1, -0.05) is 48.6 Å². The van der Waals surface area contributed by atoms with Gasteiger partial charge in [-0.05, 0) is 29.3 Å². The van der Waals surface area contributed by atoms with Gasteiger partial charge in [-0.25, -0.2) is 0 Å². The number of hydrogen-bond acceptors (Lipinski definition) is 1. The van der Waals surface area contributed by atoms with Crippen LogP contribution in [0, 0.1) is 5.92 Å². The van der Waals surface area contributed by atoms with Crippen LogP contribution in [0.5, 0.6) is 0 Å². The predicted molar refractivity (Wildman–Crippen MR) is 68.0 cm³/mol. The van der Waals surface area contributed by atoms with Gasteiger partial charge in [0.05, 0.1) is 0 Å². The number of allylic oxidation sites excluding steroid dienone is 10. The molecule has 16 heavy (non-hydrogen) atoms. The van der Waals surface area contributed by atoms with Gasteiger partial charge in [0, 0.05) is 12.5 Å². The Kier molecular flexibility index (Phi) is 2.26. The second-order valence-corrected chi connectivity index (χ2v) is 4.33. The first-order valence-electron chi connectivity index (χ1n) is 5.72. The summed E-state index contributed by atoms with van der Waals surface area (Å²) < 4.78 is 0. The third kappa shape index (κ3) is 1.36. The third-order valence-corrected chi connectivity index (χ3v) is 3.33. The molecule has 1 N–H and O–H groups in total. The van der Waals surface area contributed by atoms with Gasteiger partial charge < -0.3 is 5.32 Å². The van der Waals surface area contributed by atoms with Crippen molar-refractivity contribution >= 4 is 0 Å². The van der Waals surface area contributed by atoms with Crippen LogP contribution in [0.2, 0.25) is 0 Å². The van der Waals surface area contributed by atoms with Crippen molar-refractivity contribution in [2.75, 3.05) is 13.6 Å². The van der Waals surface area contributed by atoms with Gasteiger partial charge in [0.15, 0.2) is 0 Å². The van der Waals surface area contributed by atoms with E-state index in [-0.39, 0.29) is 0 Å². The van der Waals surface area contributed by atoms with Crippen molar-refractivity contribution in [2.45, 2.75) is 0 Å². The van der Waals surface area contributed by atoms with Gasteiger partial charge in [0.2, 0.25) is 0 Å². The molecule has 3 aliphatic carbocycles. The van der Waals surface area contributed by atoms with Crippen molar-refractivity contribution in [3.63, 3.8) is 0 Å². The van der Waals surface area contributed by atoms with Crippen molar-refractivity contribution in [1.82, 2.24) is 5.32 Å². The highest BCUT2D eigenvalue weighted by atomic mass is 14.8. The molecule has 0 aromatic heterocycles. The highest BCUT2D eigenvalue weighted by molar-refractivity contribution is 5.60. The van der Waals surface area contributed by atoms with Crippen LogP contribution in [0.1, 0.15) is 0 Å². The fourth-order valence-electron chi connectivity index (χ4n) is 2.61. The summed E-state index contributed by atoms with van der Waals surface area (Å²) in [4.78, 5) is 0. The quantitative estimate of drug-likeness (QED) is 0.737. The van der Waals surface area contributed by atoms with Crippen LogP contribution in [0.15, 0.2) is 70.9 Å². The fraction of sp³-hybridized carbons (Fsp3) is 0.200. The number of hydrogen-bond donors (Lipinski definition) is 1. The molecule has 0 bridgehead atoms. The predicted octanol–water partition coefficient (Wildman–Crippen LogP) is 2.68. The molecule has 0 aromatic carbocycles. The van der Waals surface area contributed by atoms with Crippen LogP contribution in [0.25, 0.3) is 0 Å². The molecule has 0 spiro atoms. The van der Waals surface area contributed by atoms with E-state index < -0.39 is 0 Å². The lowest BCUT2D eigenvalue weighted by Crippen LogP contribution is -2.20. The van der Waals surface area contributed by atoms with E-state index in [0.29, 0.717) is 5.92 Å². The van der Waals surface area contributed by atoms with Crippen molar-refractivity contribution < 1.29 is 0 Å². The van der Waals surface area contributed by atoms with Crippen molar-refractivity contribution in [2.24, 2.45) is 5.92 Å². The number of rotatable bonds is 2. The van der Waals surface area contributed by atoms with E-state index in [0.717, 1.165) is 6.54 Å². The molecule has 1 heteroatoms. The zero-order chi connectivity index (χ0) is 11.0. The molecule has 0 saturated heterocycles. The SMILES string of the molecule is CNCC1=C2C=CC=C3C=CC=C(C=C1)C32. The average Bonchev–Trinajstić information content (AvgIpc) is 2.33. The lowest BCUT2D eigenvalue weighted by Gasteiger charge is -2.30. The minimum atomic E-state index is 0.475. The molecule has 0 amide bonds. The van der Waals surface area contributed by atoms with E-state index in [1.165, 1.54) is 22.3 Å². The van der Waals surface area contributed by atoms with Gasteiger partial charge in [0.25, 0.3) is 0 Å². The minimum Gasteiger partial charge on any atom is -0.316 e. The second kappa shape index (κ2) is 3.76. The Hall–Kier alpha value is -1.60. The monoisotopic (exact) mass is 209 g/mol. The molecule has 1 atom stereocenters. The van der Waals surface area contributed by atoms with Crippen molar-refractivity contribution in [1.29, 1.82) is 0 Å². The number of likely N-dealkylation sites (N-methyl/N-ethyl adjacent to an activating group) is 1. The molecule has 0 aliphatic heterocycles. The molecule has 1 nitrogen and oxygen atoms in total. The van der Waals surface area contributed by atoms with Gasteiger partial charge in [-0.3, -0.25) is 0 Å². The van der Waals surface area contributed by atoms with E-state index in [1.54, 1.807) is 0 Å². The van der Waals surface area contributed by atoms with Crippen molar-refractivity contribution in [3.05, 3.63) is 70.9 Å². The molecule has 0 heterocycles. The Labute approximate surface area is 96.2 Å². The minimum absolute atomic E-state index is 0.475. The average molecular weight is 209 g/mol. The molecule has 0 fully saturated rings. The molecule has 3 rings (SSSR count). The topological polar surface area (TPSA) is 12.0 Å². The first-order chi connectivity index (χ1) is 7.90. The zero-order valence-corrected chi connectivity index (χ0v) is 9.40. The Morgan fingerprint density at radius 3 is 2.56 bits per heavy atom. The summed E-state index contributed by atoms with van der Waals surface area (Å²) in [5.74, 6) is 0.475. The Bertz CT molecular complexity index is 488. The summed E-state index contributed by atoms with van der Waals surface area (Å²) in [6, 6.07) is 0. The molecule has 1 unspecified atom stereocenters. The molecule has 3 aliphatic rings. The molecular weight excluding hydrogens is 194 g/mol. The fourth-order valence-corrected chi connectivity index (χ4v) is 2.61. The molecule has 0 radical (unpaired) electrons. The van der Waals surface area contributed by atoms with Crippen LogP contribution in [0.4, 0.5) is 0 Å². The summed E-state index contributed by atoms with van der Waals surface area (Å²) in [7, 11) is 2.00. The Morgan fingerprint density at radius 1 is 1.00 bits per heavy atom. The molecule has 80 valence electrons. The van der Waals surface area contributed by atoms with Crippen LogP contribution >= 0.6 is 0 Å². The van der Waals surface area contributed by atoms with E-state index in [1.807, 2.05) is 7.05 Å². The summed E-state index contributed by atoms with van der Waals surface area (Å²) in [5.41, 5.74) is 5.67. The van der Waals surface area contributed by atoms with Crippen LogP contribution < -0.4 is 5.32 Å². The normalized spacial score (nSPS) is 25.4. The zero-order valence-electron chi connectivity index (χ0n) is 9.40. The van der Waals surface area contributed by atoms with Crippen LogP contribution in [-0.2, 0) is 0 Å². The summed E-state index contributed by atoms with van der Waals surface area (Å²) >= 11 is 0. The Morgan fingerprint density at radius 2 is 1.75 bits per heavy atom. The third-order valence-electron chi connectivity index (χ3n) is 3.33. The van der Waals surface area contributed by atoms with Crippen molar-refractivity contribution in [3.8, 4) is 0 Å². The van der Waals surface area contributed by atoms with Gasteiger partial charge >= 0.3 is 0 Å². The van der Waals surface area contributed by atoms with Gasteiger partial charge in [-0.15, -0.1) is 0 Å². The van der Waals surface area contributed by atoms with E-state index in [4.69, 9.17) is 0 Å². The maximum Gasteiger partial charge on any atom is 0.0343 e.